The van der Waals surface area contributed by atoms with Gasteiger partial charge in [-0.15, -0.1) is 0 Å². The van der Waals surface area contributed by atoms with Crippen molar-refractivity contribution in [2.45, 2.75) is 0 Å². The third-order valence-electron chi connectivity index (χ3n) is 6.42. The number of hydrogen-bond acceptors (Lipinski definition) is 1. The average Bonchev–Trinajstić information content (AvgIpc) is 3.38. The third kappa shape index (κ3) is 2.45. The van der Waals surface area contributed by atoms with E-state index in [9.17, 15) is 0 Å². The summed E-state index contributed by atoms with van der Waals surface area (Å²) in [6, 6.07) is 34.6. The van der Waals surface area contributed by atoms with Gasteiger partial charge in [0.15, 0.2) is 0 Å². The number of fused-ring (bicyclic) bond motifs is 6. The van der Waals surface area contributed by atoms with Gasteiger partial charge in [0.2, 0.25) is 0 Å². The van der Waals surface area contributed by atoms with Gasteiger partial charge < -0.3 is 9.55 Å². The molecule has 0 saturated heterocycles. The van der Waals surface area contributed by atoms with Crippen LogP contribution in [0.25, 0.3) is 60.4 Å². The van der Waals surface area contributed by atoms with E-state index in [1.54, 1.807) is 0 Å². The van der Waals surface area contributed by atoms with Crippen molar-refractivity contribution in [3.8, 4) is 16.8 Å². The van der Waals surface area contributed by atoms with Crippen LogP contribution in [0.5, 0.6) is 0 Å². The second-order valence-corrected chi connectivity index (χ2v) is 8.22. The molecule has 3 heterocycles. The first-order chi connectivity index (χ1) is 15.9. The van der Waals surface area contributed by atoms with E-state index in [4.69, 9.17) is 0 Å². The molecule has 3 heteroatoms. The molecule has 0 amide bonds. The zero-order chi connectivity index (χ0) is 21.1. The SMILES string of the molecule is c1ccc(-c2ccc3[nH]c4cc5c(cc4c3c2)c2ccccc2n5-c2ccncc2)cc1. The second kappa shape index (κ2) is 6.56. The van der Waals surface area contributed by atoms with Crippen LogP contribution in [-0.4, -0.2) is 14.5 Å². The smallest absolute Gasteiger partial charge is 0.0562 e. The lowest BCUT2D eigenvalue weighted by Gasteiger charge is -2.07. The number of nitrogens with one attached hydrogen (secondary N) is 1. The predicted molar refractivity (Wildman–Crippen MR) is 133 cm³/mol. The van der Waals surface area contributed by atoms with Gasteiger partial charge in [-0.2, -0.15) is 0 Å². The molecule has 7 rings (SSSR count). The maximum absolute atomic E-state index is 4.21. The summed E-state index contributed by atoms with van der Waals surface area (Å²) in [6.45, 7) is 0. The molecule has 3 nitrogen and oxygen atoms in total. The molecule has 7 aromatic rings. The number of aromatic nitrogens is 3. The summed E-state index contributed by atoms with van der Waals surface area (Å²) in [5.74, 6) is 0. The Morgan fingerprint density at radius 1 is 0.531 bits per heavy atom. The summed E-state index contributed by atoms with van der Waals surface area (Å²) in [5.41, 5.74) is 8.30. The Labute approximate surface area is 184 Å². The Bertz CT molecular complexity index is 1760. The quantitative estimate of drug-likeness (QED) is 0.315. The number of H-pyrrole nitrogens is 1. The highest BCUT2D eigenvalue weighted by atomic mass is 15.0. The van der Waals surface area contributed by atoms with E-state index < -0.39 is 0 Å². The molecule has 1 N–H and O–H groups in total. The first-order valence-corrected chi connectivity index (χ1v) is 10.8. The number of pyridine rings is 1. The second-order valence-electron chi connectivity index (χ2n) is 8.22. The van der Waals surface area contributed by atoms with Crippen molar-refractivity contribution in [3.05, 3.63) is 109 Å². The maximum atomic E-state index is 4.21. The molecule has 3 aromatic heterocycles. The van der Waals surface area contributed by atoms with Crippen molar-refractivity contribution < 1.29 is 0 Å². The highest BCUT2D eigenvalue weighted by molar-refractivity contribution is 6.18. The van der Waals surface area contributed by atoms with Crippen LogP contribution in [0.2, 0.25) is 0 Å². The van der Waals surface area contributed by atoms with E-state index in [1.165, 1.54) is 43.7 Å². The predicted octanol–water partition coefficient (Wildman–Crippen LogP) is 7.48. The van der Waals surface area contributed by atoms with Gasteiger partial charge in [0, 0.05) is 50.7 Å². The molecule has 0 spiro atoms. The van der Waals surface area contributed by atoms with Gasteiger partial charge in [-0.25, -0.2) is 0 Å². The van der Waals surface area contributed by atoms with Gasteiger partial charge in [0.05, 0.1) is 11.0 Å². The molecule has 0 saturated carbocycles. The van der Waals surface area contributed by atoms with Crippen LogP contribution in [0, 0.1) is 0 Å². The van der Waals surface area contributed by atoms with E-state index in [0.717, 1.165) is 16.7 Å². The monoisotopic (exact) mass is 409 g/mol. The van der Waals surface area contributed by atoms with Crippen LogP contribution in [0.1, 0.15) is 0 Å². The molecule has 0 aliphatic rings. The molecular formula is C29H19N3. The molecule has 0 aliphatic heterocycles. The van der Waals surface area contributed by atoms with Gasteiger partial charge in [-0.05, 0) is 53.6 Å². The van der Waals surface area contributed by atoms with Gasteiger partial charge >= 0.3 is 0 Å². The lowest BCUT2D eigenvalue weighted by Crippen LogP contribution is -1.93. The van der Waals surface area contributed by atoms with E-state index in [2.05, 4.69) is 112 Å². The van der Waals surface area contributed by atoms with Gasteiger partial charge in [-0.3, -0.25) is 4.98 Å². The summed E-state index contributed by atoms with van der Waals surface area (Å²) >= 11 is 0. The first kappa shape index (κ1) is 17.3. The fourth-order valence-electron chi connectivity index (χ4n) is 4.94. The largest absolute Gasteiger partial charge is 0.354 e. The number of rotatable bonds is 2. The molecule has 4 aromatic carbocycles. The van der Waals surface area contributed by atoms with Crippen LogP contribution in [-0.2, 0) is 0 Å². The lowest BCUT2D eigenvalue weighted by molar-refractivity contribution is 1.16. The summed E-state index contributed by atoms with van der Waals surface area (Å²) in [4.78, 5) is 7.85. The number of benzene rings is 4. The van der Waals surface area contributed by atoms with Crippen LogP contribution >= 0.6 is 0 Å². The van der Waals surface area contributed by atoms with Gasteiger partial charge in [0.25, 0.3) is 0 Å². The molecule has 0 unspecified atom stereocenters. The van der Waals surface area contributed by atoms with E-state index in [0.29, 0.717) is 0 Å². The van der Waals surface area contributed by atoms with Crippen molar-refractivity contribution in [1.82, 2.24) is 14.5 Å². The Morgan fingerprint density at radius 3 is 2.19 bits per heavy atom. The fourth-order valence-corrected chi connectivity index (χ4v) is 4.94. The fraction of sp³-hybridized carbons (Fsp3) is 0. The minimum Gasteiger partial charge on any atom is -0.354 e. The third-order valence-corrected chi connectivity index (χ3v) is 6.42. The Hall–Kier alpha value is -4.37. The maximum Gasteiger partial charge on any atom is 0.0562 e. The Balaban J connectivity index is 1.57. The molecule has 0 radical (unpaired) electrons. The summed E-state index contributed by atoms with van der Waals surface area (Å²) < 4.78 is 2.33. The lowest BCUT2D eigenvalue weighted by atomic mass is 10.0. The number of hydrogen-bond donors (Lipinski definition) is 1. The number of para-hydroxylation sites is 1. The van der Waals surface area contributed by atoms with E-state index in [-0.39, 0.29) is 0 Å². The van der Waals surface area contributed by atoms with Crippen LogP contribution in [0.4, 0.5) is 0 Å². The zero-order valence-electron chi connectivity index (χ0n) is 17.3. The number of nitrogens with zero attached hydrogens (tertiary/aromatic N) is 2. The van der Waals surface area contributed by atoms with Crippen LogP contribution in [0.3, 0.4) is 0 Å². The molecular weight excluding hydrogens is 390 g/mol. The van der Waals surface area contributed by atoms with Crippen LogP contribution < -0.4 is 0 Å². The van der Waals surface area contributed by atoms with E-state index >= 15 is 0 Å². The van der Waals surface area contributed by atoms with Crippen molar-refractivity contribution >= 4 is 43.6 Å². The van der Waals surface area contributed by atoms with Crippen molar-refractivity contribution in [2.75, 3.05) is 0 Å². The van der Waals surface area contributed by atoms with Crippen molar-refractivity contribution in [2.24, 2.45) is 0 Å². The minimum absolute atomic E-state index is 1.12. The minimum atomic E-state index is 1.12. The summed E-state index contributed by atoms with van der Waals surface area (Å²) in [7, 11) is 0. The summed E-state index contributed by atoms with van der Waals surface area (Å²) in [6.07, 6.45) is 3.70. The molecule has 0 bridgehead atoms. The standard InChI is InChI=1S/C29H19N3/c1-2-6-19(7-3-1)20-10-11-26-23(16-20)24-17-25-22-8-4-5-9-28(22)32(21-12-14-30-15-13-21)29(25)18-27(24)31-26/h1-18,31H. The van der Waals surface area contributed by atoms with Crippen LogP contribution in [0.15, 0.2) is 109 Å². The highest BCUT2D eigenvalue weighted by Gasteiger charge is 2.15. The molecule has 32 heavy (non-hydrogen) atoms. The van der Waals surface area contributed by atoms with Gasteiger partial charge in [-0.1, -0.05) is 54.6 Å². The molecule has 150 valence electrons. The molecule has 0 atom stereocenters. The average molecular weight is 409 g/mol. The van der Waals surface area contributed by atoms with Gasteiger partial charge in [0.1, 0.15) is 0 Å². The number of aromatic amines is 1. The van der Waals surface area contributed by atoms with Crippen molar-refractivity contribution in [3.63, 3.8) is 0 Å². The molecule has 0 fully saturated rings. The van der Waals surface area contributed by atoms with E-state index in [1.807, 2.05) is 12.4 Å². The zero-order valence-corrected chi connectivity index (χ0v) is 17.3. The Morgan fingerprint density at radius 2 is 1.31 bits per heavy atom. The first-order valence-electron chi connectivity index (χ1n) is 10.8. The topological polar surface area (TPSA) is 33.6 Å². The normalized spacial score (nSPS) is 11.8. The highest BCUT2D eigenvalue weighted by Crippen LogP contribution is 2.37. The Kier molecular flexibility index (Phi) is 3.55. The molecule has 0 aliphatic carbocycles. The van der Waals surface area contributed by atoms with Crippen molar-refractivity contribution in [1.29, 1.82) is 0 Å². The summed E-state index contributed by atoms with van der Waals surface area (Å²) in [5, 5.41) is 5.03.